The van der Waals surface area contributed by atoms with E-state index in [0.29, 0.717) is 16.7 Å². The van der Waals surface area contributed by atoms with Crippen LogP contribution in [0.2, 0.25) is 0 Å². The summed E-state index contributed by atoms with van der Waals surface area (Å²) in [4.78, 5) is 25.6. The maximum atomic E-state index is 12.9. The molecule has 3 aromatic carbocycles. The van der Waals surface area contributed by atoms with Gasteiger partial charge in [-0.3, -0.25) is 9.59 Å². The van der Waals surface area contributed by atoms with Crippen molar-refractivity contribution in [1.82, 2.24) is 0 Å². The number of carbonyl (C=O) groups excluding carboxylic acids is 2. The van der Waals surface area contributed by atoms with E-state index in [2.05, 4.69) is 0 Å². The lowest BCUT2D eigenvalue weighted by atomic mass is 9.94. The highest BCUT2D eigenvalue weighted by atomic mass is 16.1. The topological polar surface area (TPSA) is 34.1 Å². The number of hydrogen-bond donors (Lipinski definition) is 0. The van der Waals surface area contributed by atoms with Crippen molar-refractivity contribution >= 4 is 17.1 Å². The molecule has 0 unspecified atom stereocenters. The summed E-state index contributed by atoms with van der Waals surface area (Å²) >= 11 is 0. The SMILES string of the molecule is Cc1ccc(C(=O)/C=C(/C(=O)c2ccccc2)c2ccccc2)cc1. The fourth-order valence-corrected chi connectivity index (χ4v) is 2.57. The third kappa shape index (κ3) is 3.99. The van der Waals surface area contributed by atoms with Gasteiger partial charge in [0.2, 0.25) is 0 Å². The van der Waals surface area contributed by atoms with Crippen LogP contribution in [0.1, 0.15) is 31.8 Å². The number of carbonyl (C=O) groups is 2. The summed E-state index contributed by atoms with van der Waals surface area (Å²) in [5.41, 5.74) is 3.35. The Morgan fingerprint density at radius 2 is 1.16 bits per heavy atom. The van der Waals surface area contributed by atoms with Crippen LogP contribution in [0, 0.1) is 6.92 Å². The summed E-state index contributed by atoms with van der Waals surface area (Å²) in [5.74, 6) is -0.338. The van der Waals surface area contributed by atoms with Gasteiger partial charge in [0.15, 0.2) is 11.6 Å². The van der Waals surface area contributed by atoms with Crippen molar-refractivity contribution in [2.24, 2.45) is 0 Å². The molecule has 0 fully saturated rings. The number of ketones is 2. The molecule has 0 amide bonds. The van der Waals surface area contributed by atoms with Crippen LogP contribution in [0.25, 0.3) is 5.57 Å². The molecule has 3 aromatic rings. The van der Waals surface area contributed by atoms with Gasteiger partial charge < -0.3 is 0 Å². The first-order valence-electron chi connectivity index (χ1n) is 8.13. The molecule has 0 spiro atoms. The van der Waals surface area contributed by atoms with Crippen molar-refractivity contribution < 1.29 is 9.59 Å². The van der Waals surface area contributed by atoms with Crippen LogP contribution in [0.5, 0.6) is 0 Å². The minimum atomic E-state index is -0.178. The van der Waals surface area contributed by atoms with E-state index in [1.807, 2.05) is 67.6 Å². The maximum absolute atomic E-state index is 12.9. The maximum Gasteiger partial charge on any atom is 0.193 e. The Labute approximate surface area is 147 Å². The Morgan fingerprint density at radius 3 is 1.72 bits per heavy atom. The molecule has 25 heavy (non-hydrogen) atoms. The van der Waals surface area contributed by atoms with Crippen molar-refractivity contribution in [1.29, 1.82) is 0 Å². The molecule has 0 saturated heterocycles. The molecule has 0 N–H and O–H groups in total. The molecule has 0 bridgehead atoms. The molecule has 0 aliphatic carbocycles. The molecule has 2 heteroatoms. The number of aryl methyl sites for hydroxylation is 1. The second-order valence-corrected chi connectivity index (χ2v) is 5.85. The van der Waals surface area contributed by atoms with Gasteiger partial charge >= 0.3 is 0 Å². The molecular formula is C23H18O2. The average molecular weight is 326 g/mol. The lowest BCUT2D eigenvalue weighted by Gasteiger charge is -2.08. The Balaban J connectivity index is 2.03. The quantitative estimate of drug-likeness (QED) is 0.480. The van der Waals surface area contributed by atoms with Gasteiger partial charge in [-0.05, 0) is 18.6 Å². The van der Waals surface area contributed by atoms with Gasteiger partial charge in [-0.25, -0.2) is 0 Å². The zero-order valence-corrected chi connectivity index (χ0v) is 14.0. The molecular weight excluding hydrogens is 308 g/mol. The molecule has 0 aliphatic rings. The lowest BCUT2D eigenvalue weighted by molar-refractivity contribution is 0.102. The molecule has 0 heterocycles. The van der Waals surface area contributed by atoms with Crippen molar-refractivity contribution in [2.45, 2.75) is 6.92 Å². The molecule has 0 atom stereocenters. The number of rotatable bonds is 5. The predicted molar refractivity (Wildman–Crippen MR) is 101 cm³/mol. The van der Waals surface area contributed by atoms with Gasteiger partial charge in [-0.2, -0.15) is 0 Å². The molecule has 2 nitrogen and oxygen atoms in total. The highest BCUT2D eigenvalue weighted by Crippen LogP contribution is 2.21. The summed E-state index contributed by atoms with van der Waals surface area (Å²) in [6.45, 7) is 1.97. The minimum absolute atomic E-state index is 0.160. The summed E-state index contributed by atoms with van der Waals surface area (Å²) in [7, 11) is 0. The van der Waals surface area contributed by atoms with E-state index < -0.39 is 0 Å². The van der Waals surface area contributed by atoms with E-state index in [-0.39, 0.29) is 11.6 Å². The van der Waals surface area contributed by atoms with Crippen LogP contribution >= 0.6 is 0 Å². The van der Waals surface area contributed by atoms with E-state index in [1.165, 1.54) is 6.08 Å². The van der Waals surface area contributed by atoms with Crippen molar-refractivity contribution in [2.75, 3.05) is 0 Å². The van der Waals surface area contributed by atoms with Crippen LogP contribution in [-0.2, 0) is 0 Å². The number of Topliss-reactive ketones (excluding diaryl/α,β-unsaturated/α-hetero) is 1. The Kier molecular flexibility index (Phi) is 5.00. The van der Waals surface area contributed by atoms with Gasteiger partial charge in [0.25, 0.3) is 0 Å². The smallest absolute Gasteiger partial charge is 0.193 e. The minimum Gasteiger partial charge on any atom is -0.289 e. The fourth-order valence-electron chi connectivity index (χ4n) is 2.57. The van der Waals surface area contributed by atoms with Gasteiger partial charge in [0.05, 0.1) is 0 Å². The summed E-state index contributed by atoms with van der Waals surface area (Å²) in [5, 5.41) is 0. The van der Waals surface area contributed by atoms with E-state index in [1.54, 1.807) is 24.3 Å². The third-order valence-electron chi connectivity index (χ3n) is 3.98. The second-order valence-electron chi connectivity index (χ2n) is 5.85. The van der Waals surface area contributed by atoms with Crippen LogP contribution in [0.15, 0.2) is 91.0 Å². The van der Waals surface area contributed by atoms with Gasteiger partial charge in [0.1, 0.15) is 0 Å². The van der Waals surface area contributed by atoms with Crippen molar-refractivity contribution in [3.05, 3.63) is 113 Å². The van der Waals surface area contributed by atoms with E-state index >= 15 is 0 Å². The van der Waals surface area contributed by atoms with Crippen LogP contribution in [0.3, 0.4) is 0 Å². The monoisotopic (exact) mass is 326 g/mol. The van der Waals surface area contributed by atoms with Crippen LogP contribution < -0.4 is 0 Å². The molecule has 0 radical (unpaired) electrons. The Bertz CT molecular complexity index is 905. The van der Waals surface area contributed by atoms with Gasteiger partial charge in [-0.15, -0.1) is 0 Å². The zero-order chi connectivity index (χ0) is 17.6. The van der Waals surface area contributed by atoms with E-state index in [9.17, 15) is 9.59 Å². The standard InChI is InChI=1S/C23H18O2/c1-17-12-14-19(15-13-17)22(24)16-21(18-8-4-2-5-9-18)23(25)20-10-6-3-7-11-20/h2-16H,1H3/b21-16+. The first kappa shape index (κ1) is 16.6. The molecule has 0 aliphatic heterocycles. The predicted octanol–water partition coefficient (Wildman–Crippen LogP) is 5.14. The summed E-state index contributed by atoms with van der Waals surface area (Å²) in [6, 6.07) is 25.6. The Morgan fingerprint density at radius 1 is 0.640 bits per heavy atom. The number of hydrogen-bond acceptors (Lipinski definition) is 2. The normalized spacial score (nSPS) is 11.2. The number of benzene rings is 3. The molecule has 3 rings (SSSR count). The Hall–Kier alpha value is -3.26. The number of allylic oxidation sites excluding steroid dienone is 2. The molecule has 0 aromatic heterocycles. The van der Waals surface area contributed by atoms with Crippen molar-refractivity contribution in [3.8, 4) is 0 Å². The van der Waals surface area contributed by atoms with Crippen LogP contribution in [-0.4, -0.2) is 11.6 Å². The summed E-state index contributed by atoms with van der Waals surface area (Å²) in [6.07, 6.45) is 1.44. The average Bonchev–Trinajstić information content (AvgIpc) is 2.67. The lowest BCUT2D eigenvalue weighted by Crippen LogP contribution is -2.06. The first-order valence-corrected chi connectivity index (χ1v) is 8.13. The second kappa shape index (κ2) is 7.54. The molecule has 0 saturated carbocycles. The largest absolute Gasteiger partial charge is 0.289 e. The van der Waals surface area contributed by atoms with Gasteiger partial charge in [0, 0.05) is 16.7 Å². The van der Waals surface area contributed by atoms with Gasteiger partial charge in [-0.1, -0.05) is 90.5 Å². The summed E-state index contributed by atoms with van der Waals surface area (Å²) < 4.78 is 0. The molecule has 122 valence electrons. The first-order chi connectivity index (χ1) is 12.1. The third-order valence-corrected chi connectivity index (χ3v) is 3.98. The highest BCUT2D eigenvalue weighted by Gasteiger charge is 2.16. The van der Waals surface area contributed by atoms with Crippen LogP contribution in [0.4, 0.5) is 0 Å². The fraction of sp³-hybridized carbons (Fsp3) is 0.0435. The van der Waals surface area contributed by atoms with Crippen molar-refractivity contribution in [3.63, 3.8) is 0 Å². The van der Waals surface area contributed by atoms with E-state index in [0.717, 1.165) is 11.1 Å². The zero-order valence-electron chi connectivity index (χ0n) is 14.0. The van der Waals surface area contributed by atoms with E-state index in [4.69, 9.17) is 0 Å². The highest BCUT2D eigenvalue weighted by molar-refractivity contribution is 6.32.